The Morgan fingerprint density at radius 3 is 2.45 bits per heavy atom. The molecule has 0 saturated heterocycles. The van der Waals surface area contributed by atoms with E-state index in [1.165, 1.54) is 10.8 Å². The number of aromatic nitrogens is 3. The Bertz CT molecular complexity index is 1330. The maximum absolute atomic E-state index is 6.08. The third kappa shape index (κ3) is 3.16. The van der Waals surface area contributed by atoms with Crippen LogP contribution in [0.25, 0.3) is 38.8 Å². The van der Waals surface area contributed by atoms with E-state index in [2.05, 4.69) is 47.4 Å². The first kappa shape index (κ1) is 17.9. The van der Waals surface area contributed by atoms with Crippen LogP contribution in [0.3, 0.4) is 0 Å². The molecule has 5 heteroatoms. The van der Waals surface area contributed by atoms with E-state index in [0.717, 1.165) is 33.7 Å². The molecule has 2 heterocycles. The molecule has 0 N–H and O–H groups in total. The lowest BCUT2D eigenvalue weighted by molar-refractivity contribution is 0.181. The van der Waals surface area contributed by atoms with E-state index in [1.807, 2.05) is 41.0 Å². The Labute approximate surface area is 173 Å². The van der Waals surface area contributed by atoms with Crippen LogP contribution < -0.4 is 0 Å². The summed E-state index contributed by atoms with van der Waals surface area (Å²) in [6, 6.07) is 24.5. The molecule has 0 aliphatic rings. The molecule has 0 unspecified atom stereocenters. The molecule has 4 nitrogen and oxygen atoms in total. The van der Waals surface area contributed by atoms with Gasteiger partial charge in [-0.1, -0.05) is 60.1 Å². The van der Waals surface area contributed by atoms with E-state index < -0.39 is 0 Å². The zero-order valence-electron chi connectivity index (χ0n) is 15.8. The molecule has 5 aromatic rings. The van der Waals surface area contributed by atoms with Gasteiger partial charge in [0.1, 0.15) is 0 Å². The van der Waals surface area contributed by atoms with Crippen LogP contribution in [-0.4, -0.2) is 21.7 Å². The Morgan fingerprint density at radius 1 is 0.897 bits per heavy atom. The fourth-order valence-corrected chi connectivity index (χ4v) is 3.83. The van der Waals surface area contributed by atoms with Crippen molar-refractivity contribution in [2.24, 2.45) is 0 Å². The molecule has 0 bridgehead atoms. The van der Waals surface area contributed by atoms with Gasteiger partial charge in [-0.25, -0.2) is 9.50 Å². The highest BCUT2D eigenvalue weighted by molar-refractivity contribution is 6.30. The van der Waals surface area contributed by atoms with Crippen molar-refractivity contribution in [2.75, 3.05) is 7.11 Å². The lowest BCUT2D eigenvalue weighted by Gasteiger charge is -2.07. The molecule has 0 atom stereocenters. The van der Waals surface area contributed by atoms with Gasteiger partial charge in [0.2, 0.25) is 0 Å². The molecule has 0 saturated carbocycles. The summed E-state index contributed by atoms with van der Waals surface area (Å²) in [6.45, 7) is 0.401. The molecule has 0 spiro atoms. The second-order valence-corrected chi connectivity index (χ2v) is 7.33. The fraction of sp³-hybridized carbons (Fsp3) is 0.0833. The van der Waals surface area contributed by atoms with Gasteiger partial charge in [0.05, 0.1) is 23.6 Å². The number of benzene rings is 3. The van der Waals surface area contributed by atoms with Crippen LogP contribution in [0.2, 0.25) is 5.02 Å². The number of fused-ring (bicyclic) bond motifs is 2. The van der Waals surface area contributed by atoms with Crippen molar-refractivity contribution in [3.05, 3.63) is 89.7 Å². The second kappa shape index (κ2) is 7.32. The van der Waals surface area contributed by atoms with Gasteiger partial charge in [-0.3, -0.25) is 0 Å². The first-order valence-electron chi connectivity index (χ1n) is 9.35. The molecule has 142 valence electrons. The van der Waals surface area contributed by atoms with Gasteiger partial charge in [-0.2, -0.15) is 5.10 Å². The molecule has 5 rings (SSSR count). The van der Waals surface area contributed by atoms with E-state index in [-0.39, 0.29) is 0 Å². The highest BCUT2D eigenvalue weighted by Gasteiger charge is 2.18. The molecular formula is C24H18ClN3O. The summed E-state index contributed by atoms with van der Waals surface area (Å²) in [5.74, 6) is 0. The summed E-state index contributed by atoms with van der Waals surface area (Å²) in [5.41, 5.74) is 5.69. The summed E-state index contributed by atoms with van der Waals surface area (Å²) in [5, 5.41) is 7.96. The molecule has 3 aromatic carbocycles. The van der Waals surface area contributed by atoms with Gasteiger partial charge in [0.25, 0.3) is 0 Å². The number of ether oxygens (including phenoxy) is 1. The van der Waals surface area contributed by atoms with Crippen LogP contribution in [-0.2, 0) is 11.3 Å². The Morgan fingerprint density at radius 2 is 1.66 bits per heavy atom. The number of halogens is 1. The number of rotatable bonds is 4. The van der Waals surface area contributed by atoms with Crippen molar-refractivity contribution < 1.29 is 4.74 Å². The Balaban J connectivity index is 1.75. The highest BCUT2D eigenvalue weighted by atomic mass is 35.5. The van der Waals surface area contributed by atoms with E-state index >= 15 is 0 Å². The summed E-state index contributed by atoms with van der Waals surface area (Å²) in [6.07, 6.45) is 1.83. The van der Waals surface area contributed by atoms with Gasteiger partial charge in [-0.15, -0.1) is 0 Å². The van der Waals surface area contributed by atoms with E-state index in [1.54, 1.807) is 7.11 Å². The van der Waals surface area contributed by atoms with E-state index in [4.69, 9.17) is 21.4 Å². The number of hydrogen-bond donors (Lipinski definition) is 0. The normalized spacial score (nSPS) is 11.4. The van der Waals surface area contributed by atoms with E-state index in [0.29, 0.717) is 11.6 Å². The molecule has 0 radical (unpaired) electrons. The quantitative estimate of drug-likeness (QED) is 0.371. The van der Waals surface area contributed by atoms with Crippen LogP contribution >= 0.6 is 11.6 Å². The number of methoxy groups -OCH3 is 1. The van der Waals surface area contributed by atoms with Crippen molar-refractivity contribution >= 4 is 28.0 Å². The molecular weight excluding hydrogens is 382 g/mol. The maximum atomic E-state index is 6.08. The van der Waals surface area contributed by atoms with Crippen LogP contribution in [0.15, 0.2) is 79.0 Å². The first-order valence-corrected chi connectivity index (χ1v) is 9.73. The number of nitrogens with zero attached hydrogens (tertiary/aromatic N) is 3. The topological polar surface area (TPSA) is 39.4 Å². The van der Waals surface area contributed by atoms with Crippen LogP contribution in [0.1, 0.15) is 5.69 Å². The van der Waals surface area contributed by atoms with Gasteiger partial charge in [-0.05, 0) is 40.6 Å². The van der Waals surface area contributed by atoms with Crippen molar-refractivity contribution in [1.29, 1.82) is 0 Å². The van der Waals surface area contributed by atoms with Gasteiger partial charge in [0, 0.05) is 23.9 Å². The van der Waals surface area contributed by atoms with Gasteiger partial charge >= 0.3 is 0 Å². The predicted octanol–water partition coefficient (Wildman–Crippen LogP) is 6.02. The molecule has 0 aliphatic carbocycles. The first-order chi connectivity index (χ1) is 14.2. The minimum atomic E-state index is 0.401. The SMILES string of the molecule is COCc1nn2c(-c3ccc4ccccc4c3)ccnc2c1-c1ccc(Cl)cc1. The van der Waals surface area contributed by atoms with Gasteiger partial charge in [0.15, 0.2) is 5.65 Å². The average Bonchev–Trinajstić information content (AvgIpc) is 3.12. The molecule has 29 heavy (non-hydrogen) atoms. The minimum Gasteiger partial charge on any atom is -0.378 e. The minimum absolute atomic E-state index is 0.401. The molecule has 0 fully saturated rings. The van der Waals surface area contributed by atoms with Crippen molar-refractivity contribution in [2.45, 2.75) is 6.61 Å². The lowest BCUT2D eigenvalue weighted by atomic mass is 10.0. The average molecular weight is 400 g/mol. The standard InChI is InChI=1S/C24H18ClN3O/c1-29-15-21-23(17-8-10-20(25)11-9-17)24-26-13-12-22(28(24)27-21)19-7-6-16-4-2-3-5-18(16)14-19/h2-14H,15H2,1H3. The van der Waals surface area contributed by atoms with Gasteiger partial charge < -0.3 is 4.74 Å². The zero-order valence-corrected chi connectivity index (χ0v) is 16.6. The smallest absolute Gasteiger partial charge is 0.163 e. The Kier molecular flexibility index (Phi) is 4.51. The Hall–Kier alpha value is -3.21. The molecule has 2 aromatic heterocycles. The highest BCUT2D eigenvalue weighted by Crippen LogP contribution is 2.32. The summed E-state index contributed by atoms with van der Waals surface area (Å²) >= 11 is 6.08. The van der Waals surface area contributed by atoms with Crippen molar-refractivity contribution in [3.63, 3.8) is 0 Å². The van der Waals surface area contributed by atoms with Crippen LogP contribution in [0, 0.1) is 0 Å². The zero-order chi connectivity index (χ0) is 19.8. The summed E-state index contributed by atoms with van der Waals surface area (Å²) < 4.78 is 7.32. The summed E-state index contributed by atoms with van der Waals surface area (Å²) in [4.78, 5) is 4.64. The molecule has 0 amide bonds. The third-order valence-corrected chi connectivity index (χ3v) is 5.30. The number of hydrogen-bond acceptors (Lipinski definition) is 3. The monoisotopic (exact) mass is 399 g/mol. The third-order valence-electron chi connectivity index (χ3n) is 5.05. The largest absolute Gasteiger partial charge is 0.378 e. The summed E-state index contributed by atoms with van der Waals surface area (Å²) in [7, 11) is 1.67. The van der Waals surface area contributed by atoms with Crippen molar-refractivity contribution in [3.8, 4) is 22.4 Å². The van der Waals surface area contributed by atoms with Crippen LogP contribution in [0.5, 0.6) is 0 Å². The fourth-order valence-electron chi connectivity index (χ4n) is 3.71. The lowest BCUT2D eigenvalue weighted by Crippen LogP contribution is -1.96. The van der Waals surface area contributed by atoms with E-state index in [9.17, 15) is 0 Å². The van der Waals surface area contributed by atoms with Crippen molar-refractivity contribution in [1.82, 2.24) is 14.6 Å². The second-order valence-electron chi connectivity index (χ2n) is 6.89. The predicted molar refractivity (Wildman–Crippen MR) is 117 cm³/mol. The maximum Gasteiger partial charge on any atom is 0.163 e. The molecule has 0 aliphatic heterocycles. The van der Waals surface area contributed by atoms with Crippen LogP contribution in [0.4, 0.5) is 0 Å².